The van der Waals surface area contributed by atoms with Crippen LogP contribution in [-0.4, -0.2) is 37.0 Å². The molecule has 3 unspecified atom stereocenters. The topological polar surface area (TPSA) is 21.6 Å². The third kappa shape index (κ3) is 1.50. The SMILES string of the molecule is CC1COC(C2CCCP2C)=N1. The lowest BCUT2D eigenvalue weighted by atomic mass is 10.2. The first kappa shape index (κ1) is 8.50. The van der Waals surface area contributed by atoms with Crippen molar-refractivity contribution in [2.24, 2.45) is 4.99 Å². The van der Waals surface area contributed by atoms with Gasteiger partial charge in [0.2, 0.25) is 0 Å². The minimum atomic E-state index is 0.186. The molecule has 0 aromatic heterocycles. The minimum Gasteiger partial charge on any atom is -0.478 e. The van der Waals surface area contributed by atoms with E-state index < -0.39 is 0 Å². The molecule has 68 valence electrons. The largest absolute Gasteiger partial charge is 0.478 e. The van der Waals surface area contributed by atoms with Crippen molar-refractivity contribution in [2.45, 2.75) is 31.5 Å². The highest BCUT2D eigenvalue weighted by molar-refractivity contribution is 7.59. The molecule has 12 heavy (non-hydrogen) atoms. The van der Waals surface area contributed by atoms with Crippen LogP contribution in [0.2, 0.25) is 0 Å². The Hall–Kier alpha value is -0.100. The second-order valence-corrected chi connectivity index (χ2v) is 6.35. The summed E-state index contributed by atoms with van der Waals surface area (Å²) in [5.41, 5.74) is 0.699. The van der Waals surface area contributed by atoms with E-state index in [9.17, 15) is 0 Å². The van der Waals surface area contributed by atoms with Gasteiger partial charge in [-0.05, 0) is 32.6 Å². The van der Waals surface area contributed by atoms with Crippen LogP contribution < -0.4 is 0 Å². The minimum absolute atomic E-state index is 0.186. The maximum Gasteiger partial charge on any atom is 0.191 e. The van der Waals surface area contributed by atoms with Crippen LogP contribution in [0.3, 0.4) is 0 Å². The van der Waals surface area contributed by atoms with Gasteiger partial charge in [0.1, 0.15) is 6.61 Å². The highest BCUT2D eigenvalue weighted by Gasteiger charge is 2.31. The second-order valence-electron chi connectivity index (χ2n) is 3.77. The molecule has 3 heteroatoms. The average molecular weight is 185 g/mol. The summed E-state index contributed by atoms with van der Waals surface area (Å²) in [4.78, 5) is 4.53. The van der Waals surface area contributed by atoms with Crippen molar-refractivity contribution in [3.8, 4) is 0 Å². The van der Waals surface area contributed by atoms with Crippen molar-refractivity contribution < 1.29 is 4.74 Å². The molecule has 3 atom stereocenters. The predicted molar refractivity (Wildman–Crippen MR) is 53.6 cm³/mol. The highest BCUT2D eigenvalue weighted by Crippen LogP contribution is 2.47. The third-order valence-electron chi connectivity index (χ3n) is 2.63. The molecule has 2 nitrogen and oxygen atoms in total. The van der Waals surface area contributed by atoms with Gasteiger partial charge in [-0.3, -0.25) is 0 Å². The average Bonchev–Trinajstić information content (AvgIpc) is 2.58. The van der Waals surface area contributed by atoms with Crippen LogP contribution in [0.25, 0.3) is 0 Å². The molecule has 0 bridgehead atoms. The van der Waals surface area contributed by atoms with E-state index in [-0.39, 0.29) is 7.92 Å². The van der Waals surface area contributed by atoms with Crippen LogP contribution in [-0.2, 0) is 4.74 Å². The first-order chi connectivity index (χ1) is 5.77. The molecule has 2 rings (SSSR count). The van der Waals surface area contributed by atoms with Gasteiger partial charge < -0.3 is 4.74 Å². The summed E-state index contributed by atoms with van der Waals surface area (Å²) < 4.78 is 5.59. The van der Waals surface area contributed by atoms with Gasteiger partial charge in [0.05, 0.1) is 11.7 Å². The monoisotopic (exact) mass is 185 g/mol. The Labute approximate surface area is 75.2 Å². The van der Waals surface area contributed by atoms with Crippen LogP contribution >= 0.6 is 7.92 Å². The number of rotatable bonds is 1. The van der Waals surface area contributed by atoms with Gasteiger partial charge in [0, 0.05) is 0 Å². The summed E-state index contributed by atoms with van der Waals surface area (Å²) in [6, 6.07) is 0.406. The third-order valence-corrected chi connectivity index (χ3v) is 5.19. The number of nitrogens with zero attached hydrogens (tertiary/aromatic N) is 1. The van der Waals surface area contributed by atoms with E-state index >= 15 is 0 Å². The Kier molecular flexibility index (Phi) is 2.36. The van der Waals surface area contributed by atoms with Crippen molar-refractivity contribution in [1.29, 1.82) is 0 Å². The zero-order valence-electron chi connectivity index (χ0n) is 7.79. The van der Waals surface area contributed by atoms with E-state index in [1.165, 1.54) is 19.0 Å². The van der Waals surface area contributed by atoms with Crippen molar-refractivity contribution in [2.75, 3.05) is 19.4 Å². The van der Waals surface area contributed by atoms with Gasteiger partial charge in [0.25, 0.3) is 0 Å². The smallest absolute Gasteiger partial charge is 0.191 e. The van der Waals surface area contributed by atoms with Crippen molar-refractivity contribution in [3.63, 3.8) is 0 Å². The van der Waals surface area contributed by atoms with E-state index in [1.54, 1.807) is 0 Å². The van der Waals surface area contributed by atoms with E-state index in [0.717, 1.165) is 12.5 Å². The van der Waals surface area contributed by atoms with Crippen molar-refractivity contribution >= 4 is 13.8 Å². The maximum absolute atomic E-state index is 5.59. The van der Waals surface area contributed by atoms with Crippen LogP contribution in [0.15, 0.2) is 4.99 Å². The normalized spacial score (nSPS) is 41.2. The lowest BCUT2D eigenvalue weighted by molar-refractivity contribution is 0.316. The van der Waals surface area contributed by atoms with Crippen molar-refractivity contribution in [1.82, 2.24) is 0 Å². The number of hydrogen-bond acceptors (Lipinski definition) is 2. The van der Waals surface area contributed by atoms with Crippen LogP contribution in [0.5, 0.6) is 0 Å². The molecule has 0 N–H and O–H groups in total. The molecule has 0 aromatic rings. The number of hydrogen-bond donors (Lipinski definition) is 0. The van der Waals surface area contributed by atoms with Crippen molar-refractivity contribution in [3.05, 3.63) is 0 Å². The first-order valence-corrected chi connectivity index (χ1v) is 6.72. The fraction of sp³-hybridized carbons (Fsp3) is 0.889. The Morgan fingerprint density at radius 2 is 2.42 bits per heavy atom. The van der Waals surface area contributed by atoms with Gasteiger partial charge in [-0.15, -0.1) is 0 Å². The Bertz CT molecular complexity index is 205. The zero-order valence-corrected chi connectivity index (χ0v) is 8.68. The number of aliphatic imine (C=N–C) groups is 1. The molecular weight excluding hydrogens is 169 g/mol. The summed E-state index contributed by atoms with van der Waals surface area (Å²) in [6.45, 7) is 5.32. The molecule has 0 spiro atoms. The molecule has 0 saturated carbocycles. The molecule has 0 aromatic carbocycles. The Morgan fingerprint density at radius 1 is 1.58 bits per heavy atom. The van der Waals surface area contributed by atoms with Gasteiger partial charge in [-0.25, -0.2) is 4.99 Å². The van der Waals surface area contributed by atoms with Gasteiger partial charge >= 0.3 is 0 Å². The maximum atomic E-state index is 5.59. The molecule has 2 heterocycles. The van der Waals surface area contributed by atoms with Crippen LogP contribution in [0.4, 0.5) is 0 Å². The van der Waals surface area contributed by atoms with E-state index in [1.807, 2.05) is 0 Å². The van der Waals surface area contributed by atoms with E-state index in [2.05, 4.69) is 18.6 Å². The summed E-state index contributed by atoms with van der Waals surface area (Å²) in [5, 5.41) is 0. The fourth-order valence-electron chi connectivity index (χ4n) is 1.90. The molecule has 1 fully saturated rings. The number of ether oxygens (including phenoxy) is 1. The standard InChI is InChI=1S/C9H16NOP/c1-7-6-11-9(10-7)8-4-3-5-12(8)2/h7-8H,3-6H2,1-2H3. The molecule has 2 aliphatic heterocycles. The summed E-state index contributed by atoms with van der Waals surface area (Å²) in [6.07, 6.45) is 4.11. The highest BCUT2D eigenvalue weighted by atomic mass is 31.1. The first-order valence-electron chi connectivity index (χ1n) is 4.68. The molecular formula is C9H16NOP. The van der Waals surface area contributed by atoms with Crippen LogP contribution in [0, 0.1) is 0 Å². The quantitative estimate of drug-likeness (QED) is 0.573. The van der Waals surface area contributed by atoms with E-state index in [0.29, 0.717) is 11.7 Å². The molecule has 0 aliphatic carbocycles. The lowest BCUT2D eigenvalue weighted by Gasteiger charge is -2.14. The summed E-state index contributed by atoms with van der Waals surface area (Å²) >= 11 is 0. The predicted octanol–water partition coefficient (Wildman–Crippen LogP) is 2.08. The van der Waals surface area contributed by atoms with Gasteiger partial charge in [0.15, 0.2) is 5.90 Å². The second kappa shape index (κ2) is 3.33. The molecule has 1 saturated heterocycles. The Balaban J connectivity index is 2.04. The fourth-order valence-corrected chi connectivity index (χ4v) is 4.04. The summed E-state index contributed by atoms with van der Waals surface area (Å²) in [5.74, 6) is 1.08. The Morgan fingerprint density at radius 3 is 2.92 bits per heavy atom. The molecule has 0 radical (unpaired) electrons. The van der Waals surface area contributed by atoms with Crippen LogP contribution in [0.1, 0.15) is 19.8 Å². The molecule has 2 aliphatic rings. The van der Waals surface area contributed by atoms with Gasteiger partial charge in [-0.1, -0.05) is 7.92 Å². The summed E-state index contributed by atoms with van der Waals surface area (Å²) in [7, 11) is 0.186. The van der Waals surface area contributed by atoms with E-state index in [4.69, 9.17) is 4.74 Å². The molecule has 0 amide bonds. The van der Waals surface area contributed by atoms with Gasteiger partial charge in [-0.2, -0.15) is 0 Å². The zero-order chi connectivity index (χ0) is 8.55. The lowest BCUT2D eigenvalue weighted by Crippen LogP contribution is -2.15.